The van der Waals surface area contributed by atoms with Gasteiger partial charge >= 0.3 is 0 Å². The summed E-state index contributed by atoms with van der Waals surface area (Å²) in [5, 5.41) is 11.5. The number of anilines is 1. The highest BCUT2D eigenvalue weighted by molar-refractivity contribution is 7.89. The van der Waals surface area contributed by atoms with Crippen molar-refractivity contribution in [3.63, 3.8) is 0 Å². The van der Waals surface area contributed by atoms with Crippen LogP contribution in [0.2, 0.25) is 0 Å². The number of primary sulfonamides is 1. The predicted molar refractivity (Wildman–Crippen MR) is 132 cm³/mol. The lowest BCUT2D eigenvalue weighted by molar-refractivity contribution is 0.0945. The molecule has 2 aromatic rings. The van der Waals surface area contributed by atoms with Crippen LogP contribution in [-0.4, -0.2) is 27.4 Å². The fraction of sp³-hybridized carbons (Fsp3) is 0.320. The SMILES string of the molecule is C/C=C(\C=C/C(C)NC(=O)c1ccc(NC)cc1C(C)CC)c1ccccc1S(N)(=O)=O. The fourth-order valence-corrected chi connectivity index (χ4v) is 4.19. The van der Waals surface area contributed by atoms with E-state index >= 15 is 0 Å². The molecule has 0 aliphatic rings. The highest BCUT2D eigenvalue weighted by atomic mass is 32.2. The Labute approximate surface area is 191 Å². The summed E-state index contributed by atoms with van der Waals surface area (Å²) in [5.41, 5.74) is 3.85. The number of sulfonamides is 1. The van der Waals surface area contributed by atoms with Crippen LogP contribution in [0.4, 0.5) is 5.69 Å². The monoisotopic (exact) mass is 455 g/mol. The molecule has 0 fully saturated rings. The van der Waals surface area contributed by atoms with Crippen molar-refractivity contribution < 1.29 is 13.2 Å². The van der Waals surface area contributed by atoms with Gasteiger partial charge in [-0.1, -0.05) is 50.3 Å². The maximum Gasteiger partial charge on any atom is 0.252 e. The van der Waals surface area contributed by atoms with Gasteiger partial charge in [0, 0.05) is 29.9 Å². The van der Waals surface area contributed by atoms with Crippen molar-refractivity contribution in [2.24, 2.45) is 5.14 Å². The van der Waals surface area contributed by atoms with Crippen LogP contribution in [0.3, 0.4) is 0 Å². The summed E-state index contributed by atoms with van der Waals surface area (Å²) in [7, 11) is -2.00. The van der Waals surface area contributed by atoms with Gasteiger partial charge in [-0.15, -0.1) is 0 Å². The molecule has 0 bridgehead atoms. The molecule has 2 unspecified atom stereocenters. The molecule has 0 radical (unpaired) electrons. The van der Waals surface area contributed by atoms with E-state index in [1.165, 1.54) is 6.07 Å². The van der Waals surface area contributed by atoms with E-state index in [9.17, 15) is 13.2 Å². The number of nitrogens with two attached hydrogens (primary N) is 1. The van der Waals surface area contributed by atoms with Crippen molar-refractivity contribution in [3.05, 3.63) is 77.4 Å². The smallest absolute Gasteiger partial charge is 0.252 e. The maximum atomic E-state index is 13.0. The molecule has 2 rings (SSSR count). The number of carbonyl (C=O) groups excluding carboxylic acids is 1. The minimum atomic E-state index is -3.85. The molecule has 6 nitrogen and oxygen atoms in total. The van der Waals surface area contributed by atoms with Crippen molar-refractivity contribution in [3.8, 4) is 0 Å². The first-order valence-electron chi connectivity index (χ1n) is 10.7. The van der Waals surface area contributed by atoms with Gasteiger partial charge in [0.1, 0.15) is 0 Å². The number of carbonyl (C=O) groups is 1. The van der Waals surface area contributed by atoms with E-state index in [4.69, 9.17) is 5.14 Å². The Morgan fingerprint density at radius 1 is 1.12 bits per heavy atom. The van der Waals surface area contributed by atoms with E-state index in [-0.39, 0.29) is 22.8 Å². The molecule has 2 aromatic carbocycles. The van der Waals surface area contributed by atoms with E-state index in [2.05, 4.69) is 24.5 Å². The zero-order chi connectivity index (χ0) is 23.9. The summed E-state index contributed by atoms with van der Waals surface area (Å²) in [6, 6.07) is 12.1. The second kappa shape index (κ2) is 11.1. The lowest BCUT2D eigenvalue weighted by Crippen LogP contribution is -2.32. The average molecular weight is 456 g/mol. The number of allylic oxidation sites excluding steroid dienone is 3. The van der Waals surface area contributed by atoms with Gasteiger partial charge in [-0.05, 0) is 61.6 Å². The Balaban J connectivity index is 2.24. The summed E-state index contributed by atoms with van der Waals surface area (Å²) in [6.45, 7) is 7.90. The Bertz CT molecular complexity index is 1120. The largest absolute Gasteiger partial charge is 0.388 e. The summed E-state index contributed by atoms with van der Waals surface area (Å²) >= 11 is 0. The van der Waals surface area contributed by atoms with Crippen LogP contribution in [0, 0.1) is 0 Å². The zero-order valence-electron chi connectivity index (χ0n) is 19.3. The summed E-state index contributed by atoms with van der Waals surface area (Å²) in [6.07, 6.45) is 6.37. The predicted octanol–water partition coefficient (Wildman–Crippen LogP) is 4.67. The summed E-state index contributed by atoms with van der Waals surface area (Å²) in [5.74, 6) is 0.103. The third-order valence-electron chi connectivity index (χ3n) is 5.47. The summed E-state index contributed by atoms with van der Waals surface area (Å²) in [4.78, 5) is 13.1. The van der Waals surface area contributed by atoms with E-state index in [1.54, 1.807) is 24.3 Å². The molecule has 4 N–H and O–H groups in total. The molecule has 0 aliphatic heterocycles. The molecule has 0 spiro atoms. The van der Waals surface area contributed by atoms with Crippen molar-refractivity contribution in [1.82, 2.24) is 5.32 Å². The highest BCUT2D eigenvalue weighted by Gasteiger charge is 2.18. The molecular formula is C25H33N3O3S. The number of nitrogens with one attached hydrogen (secondary N) is 2. The molecule has 0 aromatic heterocycles. The number of rotatable bonds is 9. The lowest BCUT2D eigenvalue weighted by Gasteiger charge is -2.18. The molecule has 32 heavy (non-hydrogen) atoms. The third-order valence-corrected chi connectivity index (χ3v) is 6.44. The Hall–Kier alpha value is -2.90. The van der Waals surface area contributed by atoms with Gasteiger partial charge in [-0.2, -0.15) is 0 Å². The number of hydrogen-bond acceptors (Lipinski definition) is 4. The standard InChI is InChI=1S/C25H33N3O3S/c1-6-17(3)23-16-20(27-5)14-15-22(23)25(29)28-18(4)12-13-19(7-2)21-10-8-9-11-24(21)32(26,30)31/h7-18,27H,6H2,1-5H3,(H,28,29)(H2,26,30,31)/b13-12-,19-7+. The van der Waals surface area contributed by atoms with Gasteiger partial charge in [0.25, 0.3) is 5.91 Å². The first-order chi connectivity index (χ1) is 15.1. The van der Waals surface area contributed by atoms with Crippen LogP contribution in [0.1, 0.15) is 61.5 Å². The minimum absolute atomic E-state index is 0.0669. The van der Waals surface area contributed by atoms with Gasteiger partial charge < -0.3 is 10.6 Å². The molecule has 172 valence electrons. The fourth-order valence-electron chi connectivity index (χ4n) is 3.43. The van der Waals surface area contributed by atoms with Crippen LogP contribution in [-0.2, 0) is 10.0 Å². The Morgan fingerprint density at radius 3 is 2.41 bits per heavy atom. The number of amides is 1. The molecule has 1 amide bonds. The molecule has 0 heterocycles. The molecule has 2 atom stereocenters. The van der Waals surface area contributed by atoms with Gasteiger partial charge in [0.15, 0.2) is 0 Å². The minimum Gasteiger partial charge on any atom is -0.388 e. The first-order valence-corrected chi connectivity index (χ1v) is 12.3. The highest BCUT2D eigenvalue weighted by Crippen LogP contribution is 2.27. The van der Waals surface area contributed by atoms with Gasteiger partial charge in [0.05, 0.1) is 4.90 Å². The lowest BCUT2D eigenvalue weighted by atomic mass is 9.92. The average Bonchev–Trinajstić information content (AvgIpc) is 2.78. The first kappa shape index (κ1) is 25.4. The molecule has 0 saturated carbocycles. The molecule has 7 heteroatoms. The van der Waals surface area contributed by atoms with Crippen molar-refractivity contribution in [1.29, 1.82) is 0 Å². The van der Waals surface area contributed by atoms with E-state index in [1.807, 2.05) is 51.2 Å². The van der Waals surface area contributed by atoms with Gasteiger partial charge in [-0.25, -0.2) is 13.6 Å². The Kier molecular flexibility index (Phi) is 8.80. The topological polar surface area (TPSA) is 101 Å². The summed E-state index contributed by atoms with van der Waals surface area (Å²) < 4.78 is 23.9. The van der Waals surface area contributed by atoms with E-state index < -0.39 is 10.0 Å². The van der Waals surface area contributed by atoms with Crippen LogP contribution in [0.5, 0.6) is 0 Å². The maximum absolute atomic E-state index is 13.0. The normalized spacial score (nSPS) is 14.2. The number of benzene rings is 2. The van der Waals surface area contributed by atoms with Crippen molar-refractivity contribution in [2.45, 2.75) is 51.0 Å². The van der Waals surface area contributed by atoms with Crippen molar-refractivity contribution in [2.75, 3.05) is 12.4 Å². The van der Waals surface area contributed by atoms with Gasteiger partial charge in [-0.3, -0.25) is 4.79 Å². The number of hydrogen-bond donors (Lipinski definition) is 3. The third kappa shape index (κ3) is 6.31. The molecule has 0 aliphatic carbocycles. The van der Waals surface area contributed by atoms with E-state index in [0.717, 1.165) is 17.7 Å². The van der Waals surface area contributed by atoms with Crippen LogP contribution in [0.25, 0.3) is 5.57 Å². The second-order valence-corrected chi connectivity index (χ2v) is 9.30. The van der Waals surface area contributed by atoms with E-state index in [0.29, 0.717) is 16.7 Å². The second-order valence-electron chi connectivity index (χ2n) is 7.77. The Morgan fingerprint density at radius 2 is 1.81 bits per heavy atom. The van der Waals surface area contributed by atoms with Crippen LogP contribution >= 0.6 is 0 Å². The quantitative estimate of drug-likeness (QED) is 0.478. The van der Waals surface area contributed by atoms with Crippen LogP contribution in [0.15, 0.2) is 65.6 Å². The zero-order valence-corrected chi connectivity index (χ0v) is 20.2. The molecular weight excluding hydrogens is 422 g/mol. The van der Waals surface area contributed by atoms with Crippen molar-refractivity contribution >= 4 is 27.2 Å². The van der Waals surface area contributed by atoms with Gasteiger partial charge in [0.2, 0.25) is 10.0 Å². The molecule has 0 saturated heterocycles. The van der Waals surface area contributed by atoms with Crippen LogP contribution < -0.4 is 15.8 Å².